The number of ether oxygens (including phenoxy) is 1. The van der Waals surface area contributed by atoms with Gasteiger partial charge in [0.05, 0.1) is 10.6 Å². The van der Waals surface area contributed by atoms with Crippen molar-refractivity contribution in [2.45, 2.75) is 0 Å². The van der Waals surface area contributed by atoms with Gasteiger partial charge in [0.2, 0.25) is 5.75 Å². The van der Waals surface area contributed by atoms with Crippen molar-refractivity contribution in [3.8, 4) is 11.5 Å². The maximum Gasteiger partial charge on any atom is 0.311 e. The molecule has 0 atom stereocenters. The topological polar surface area (TPSA) is 78.4 Å². The Kier molecular flexibility index (Phi) is 3.09. The third-order valence-corrected chi connectivity index (χ3v) is 2.26. The molecule has 0 radical (unpaired) electrons. The van der Waals surface area contributed by atoms with E-state index in [1.807, 2.05) is 0 Å². The van der Waals surface area contributed by atoms with Gasteiger partial charge >= 0.3 is 5.69 Å². The summed E-state index contributed by atoms with van der Waals surface area (Å²) in [5.41, 5.74) is 5.64. The average molecular weight is 248 g/mol. The SMILES string of the molecule is Nc1ccccc1Oc1cc(F)ccc1[N+](=O)[O-]. The Morgan fingerprint density at radius 1 is 1.17 bits per heavy atom. The first kappa shape index (κ1) is 11.8. The molecule has 2 rings (SSSR count). The molecule has 0 aliphatic carbocycles. The second-order valence-electron chi connectivity index (χ2n) is 3.51. The molecule has 2 aromatic rings. The lowest BCUT2D eigenvalue weighted by Gasteiger charge is -2.08. The van der Waals surface area contributed by atoms with Crippen molar-refractivity contribution in [2.75, 3.05) is 5.73 Å². The van der Waals surface area contributed by atoms with E-state index in [-0.39, 0.29) is 17.2 Å². The van der Waals surface area contributed by atoms with Crippen molar-refractivity contribution < 1.29 is 14.1 Å². The first-order valence-electron chi connectivity index (χ1n) is 5.04. The molecule has 0 amide bonds. The van der Waals surface area contributed by atoms with Crippen LogP contribution in [0.1, 0.15) is 0 Å². The Hall–Kier alpha value is -2.63. The highest BCUT2D eigenvalue weighted by Crippen LogP contribution is 2.34. The number of nitrogens with zero attached hydrogens (tertiary/aromatic N) is 1. The summed E-state index contributed by atoms with van der Waals surface area (Å²) in [6.45, 7) is 0. The van der Waals surface area contributed by atoms with Crippen LogP contribution >= 0.6 is 0 Å². The molecule has 0 unspecified atom stereocenters. The lowest BCUT2D eigenvalue weighted by Crippen LogP contribution is -1.96. The van der Waals surface area contributed by atoms with Crippen LogP contribution in [-0.2, 0) is 0 Å². The molecule has 5 nitrogen and oxygen atoms in total. The summed E-state index contributed by atoms with van der Waals surface area (Å²) >= 11 is 0. The van der Waals surface area contributed by atoms with E-state index in [1.54, 1.807) is 24.3 Å². The molecule has 92 valence electrons. The van der Waals surface area contributed by atoms with Gasteiger partial charge in [-0.1, -0.05) is 12.1 Å². The van der Waals surface area contributed by atoms with Crippen LogP contribution in [0.2, 0.25) is 0 Å². The number of hydrogen-bond donors (Lipinski definition) is 1. The highest BCUT2D eigenvalue weighted by atomic mass is 19.1. The van der Waals surface area contributed by atoms with E-state index in [0.29, 0.717) is 5.69 Å². The number of nitro groups is 1. The van der Waals surface area contributed by atoms with Crippen molar-refractivity contribution in [3.05, 3.63) is 58.4 Å². The van der Waals surface area contributed by atoms with Gasteiger partial charge in [0.25, 0.3) is 0 Å². The van der Waals surface area contributed by atoms with Crippen LogP contribution in [-0.4, -0.2) is 4.92 Å². The van der Waals surface area contributed by atoms with E-state index >= 15 is 0 Å². The molecule has 0 heterocycles. The average Bonchev–Trinajstić information content (AvgIpc) is 2.32. The number of para-hydroxylation sites is 2. The molecule has 0 fully saturated rings. The summed E-state index contributed by atoms with van der Waals surface area (Å²) in [6.07, 6.45) is 0. The van der Waals surface area contributed by atoms with Gasteiger partial charge in [-0.25, -0.2) is 4.39 Å². The van der Waals surface area contributed by atoms with E-state index in [2.05, 4.69) is 0 Å². The molecule has 6 heteroatoms. The lowest BCUT2D eigenvalue weighted by atomic mass is 10.2. The first-order valence-corrected chi connectivity index (χ1v) is 5.04. The Balaban J connectivity index is 2.42. The minimum absolute atomic E-state index is 0.182. The molecule has 0 aliphatic heterocycles. The van der Waals surface area contributed by atoms with Gasteiger partial charge < -0.3 is 10.5 Å². The van der Waals surface area contributed by atoms with Crippen LogP contribution in [0.15, 0.2) is 42.5 Å². The van der Waals surface area contributed by atoms with Gasteiger partial charge in [0.15, 0.2) is 5.75 Å². The Morgan fingerprint density at radius 3 is 2.56 bits per heavy atom. The van der Waals surface area contributed by atoms with Gasteiger partial charge in [-0.2, -0.15) is 0 Å². The Bertz CT molecular complexity index is 602. The molecule has 2 N–H and O–H groups in total. The van der Waals surface area contributed by atoms with Crippen LogP contribution in [0, 0.1) is 15.9 Å². The third-order valence-electron chi connectivity index (χ3n) is 2.26. The molecule has 18 heavy (non-hydrogen) atoms. The number of hydrogen-bond acceptors (Lipinski definition) is 4. The molecule has 0 aliphatic rings. The van der Waals surface area contributed by atoms with Crippen molar-refractivity contribution in [3.63, 3.8) is 0 Å². The molecular weight excluding hydrogens is 239 g/mol. The minimum Gasteiger partial charge on any atom is -0.448 e. The summed E-state index contributed by atoms with van der Waals surface area (Å²) in [6, 6.07) is 9.48. The minimum atomic E-state index is -0.645. The van der Waals surface area contributed by atoms with Crippen LogP contribution in [0.5, 0.6) is 11.5 Å². The molecule has 0 bridgehead atoms. The fraction of sp³-hybridized carbons (Fsp3) is 0. The zero-order chi connectivity index (χ0) is 13.1. The summed E-state index contributed by atoms with van der Waals surface area (Å²) in [4.78, 5) is 10.1. The molecule has 0 spiro atoms. The summed E-state index contributed by atoms with van der Waals surface area (Å²) in [5.74, 6) is -0.561. The fourth-order valence-electron chi connectivity index (χ4n) is 1.41. The standard InChI is InChI=1S/C12H9FN2O3/c13-8-5-6-10(15(16)17)12(7-8)18-11-4-2-1-3-9(11)14/h1-7H,14H2. The summed E-state index contributed by atoms with van der Waals surface area (Å²) in [5, 5.41) is 10.8. The maximum absolute atomic E-state index is 13.1. The van der Waals surface area contributed by atoms with Crippen LogP contribution in [0.4, 0.5) is 15.8 Å². The number of halogens is 1. The predicted molar refractivity (Wildman–Crippen MR) is 64.0 cm³/mol. The van der Waals surface area contributed by atoms with Crippen molar-refractivity contribution in [2.24, 2.45) is 0 Å². The molecular formula is C12H9FN2O3. The van der Waals surface area contributed by atoms with Crippen molar-refractivity contribution in [1.82, 2.24) is 0 Å². The number of benzene rings is 2. The number of nitrogens with two attached hydrogens (primary N) is 1. The van der Waals surface area contributed by atoms with Crippen LogP contribution < -0.4 is 10.5 Å². The second kappa shape index (κ2) is 4.70. The van der Waals surface area contributed by atoms with E-state index in [0.717, 1.165) is 18.2 Å². The van der Waals surface area contributed by atoms with Gasteiger partial charge in [-0.3, -0.25) is 10.1 Å². The van der Waals surface area contributed by atoms with Crippen LogP contribution in [0.3, 0.4) is 0 Å². The van der Waals surface area contributed by atoms with Gasteiger partial charge in [-0.15, -0.1) is 0 Å². The van der Waals surface area contributed by atoms with E-state index in [4.69, 9.17) is 10.5 Å². The van der Waals surface area contributed by atoms with Gasteiger partial charge in [-0.05, 0) is 18.2 Å². The summed E-state index contributed by atoms with van der Waals surface area (Å²) < 4.78 is 18.4. The zero-order valence-electron chi connectivity index (χ0n) is 9.17. The molecule has 0 saturated heterocycles. The van der Waals surface area contributed by atoms with E-state index in [9.17, 15) is 14.5 Å². The highest BCUT2D eigenvalue weighted by molar-refractivity contribution is 5.56. The van der Waals surface area contributed by atoms with E-state index < -0.39 is 10.7 Å². The molecule has 2 aromatic carbocycles. The van der Waals surface area contributed by atoms with Crippen molar-refractivity contribution >= 4 is 11.4 Å². The van der Waals surface area contributed by atoms with E-state index in [1.165, 1.54) is 0 Å². The Labute approximate surface area is 102 Å². The van der Waals surface area contributed by atoms with Crippen LogP contribution in [0.25, 0.3) is 0 Å². The number of nitrogen functional groups attached to an aromatic ring is 1. The second-order valence-corrected chi connectivity index (χ2v) is 3.51. The van der Waals surface area contributed by atoms with Gasteiger partial charge in [0, 0.05) is 12.1 Å². The number of rotatable bonds is 3. The molecule has 0 saturated carbocycles. The normalized spacial score (nSPS) is 10.1. The van der Waals surface area contributed by atoms with Crippen molar-refractivity contribution in [1.29, 1.82) is 0 Å². The zero-order valence-corrected chi connectivity index (χ0v) is 9.17. The van der Waals surface area contributed by atoms with Gasteiger partial charge in [0.1, 0.15) is 5.82 Å². The predicted octanol–water partition coefficient (Wildman–Crippen LogP) is 3.11. The lowest BCUT2D eigenvalue weighted by molar-refractivity contribution is -0.385. The summed E-state index contributed by atoms with van der Waals surface area (Å²) in [7, 11) is 0. The monoisotopic (exact) mass is 248 g/mol. The smallest absolute Gasteiger partial charge is 0.311 e. The fourth-order valence-corrected chi connectivity index (χ4v) is 1.41. The number of nitro benzene ring substituents is 1. The first-order chi connectivity index (χ1) is 8.58. The number of anilines is 1. The maximum atomic E-state index is 13.1. The largest absolute Gasteiger partial charge is 0.448 e. The quantitative estimate of drug-likeness (QED) is 0.514. The third kappa shape index (κ3) is 2.37. The highest BCUT2D eigenvalue weighted by Gasteiger charge is 2.17. The molecule has 0 aromatic heterocycles. The Morgan fingerprint density at radius 2 is 1.89 bits per heavy atom.